The lowest BCUT2D eigenvalue weighted by Crippen LogP contribution is -2.45. The van der Waals surface area contributed by atoms with E-state index in [0.29, 0.717) is 24.8 Å². The van der Waals surface area contributed by atoms with Crippen molar-refractivity contribution in [1.82, 2.24) is 20.5 Å². The maximum Gasteiger partial charge on any atom is 0.220 e. The van der Waals surface area contributed by atoms with Gasteiger partial charge in [0.1, 0.15) is 0 Å². The summed E-state index contributed by atoms with van der Waals surface area (Å²) in [5, 5.41) is 6.05. The summed E-state index contributed by atoms with van der Waals surface area (Å²) >= 11 is 0. The minimum atomic E-state index is 0. The van der Waals surface area contributed by atoms with Crippen LogP contribution in [0, 0.1) is 5.92 Å². The number of aliphatic imine (C=N–C) groups is 1. The zero-order valence-electron chi connectivity index (χ0n) is 15.1. The van der Waals surface area contributed by atoms with Gasteiger partial charge in [0.2, 0.25) is 11.8 Å². The molecule has 1 aromatic rings. The second kappa shape index (κ2) is 11.1. The highest BCUT2D eigenvalue weighted by Gasteiger charge is 2.23. The molecule has 25 heavy (non-hydrogen) atoms. The highest BCUT2D eigenvalue weighted by atomic mass is 127. The third-order valence-corrected chi connectivity index (χ3v) is 4.30. The van der Waals surface area contributed by atoms with Crippen LogP contribution in [0.1, 0.15) is 25.0 Å². The lowest BCUT2D eigenvalue weighted by Gasteiger charge is -2.34. The summed E-state index contributed by atoms with van der Waals surface area (Å²) in [5.41, 5.74) is 0.907. The van der Waals surface area contributed by atoms with Crippen molar-refractivity contribution in [3.63, 3.8) is 0 Å². The van der Waals surface area contributed by atoms with E-state index in [1.807, 2.05) is 18.2 Å². The molecule has 2 N–H and O–H groups in total. The van der Waals surface area contributed by atoms with Gasteiger partial charge < -0.3 is 20.3 Å². The lowest BCUT2D eigenvalue weighted by molar-refractivity contribution is -0.121. The van der Waals surface area contributed by atoms with Gasteiger partial charge in [-0.1, -0.05) is 6.07 Å². The van der Waals surface area contributed by atoms with Crippen LogP contribution in [0.25, 0.3) is 0 Å². The first kappa shape index (κ1) is 21.5. The number of halogens is 1. The largest absolute Gasteiger partial charge is 0.481 e. The van der Waals surface area contributed by atoms with Crippen molar-refractivity contribution in [2.24, 2.45) is 10.9 Å². The molecule has 1 saturated heterocycles. The van der Waals surface area contributed by atoms with Gasteiger partial charge in [0.05, 0.1) is 19.3 Å². The predicted octanol–water partition coefficient (Wildman–Crippen LogP) is 1.63. The minimum absolute atomic E-state index is 0. The molecule has 1 fully saturated rings. The molecule has 7 nitrogen and oxygen atoms in total. The standard InChI is InChI=1S/C17H27N5O2.HI/c1-18-15(23)11-13-7-9-22(10-8-13)17(19-2)20-12-14-5-4-6-16(21-14)24-3;/h4-6,13H,7-12H2,1-3H3,(H,18,23)(H,19,20);1H. The molecule has 140 valence electrons. The monoisotopic (exact) mass is 461 g/mol. The Balaban J connectivity index is 0.00000312. The second-order valence-electron chi connectivity index (χ2n) is 5.88. The Labute approximate surface area is 166 Å². The molecular weight excluding hydrogens is 433 g/mol. The molecule has 0 spiro atoms. The summed E-state index contributed by atoms with van der Waals surface area (Å²) in [4.78, 5) is 22.5. The normalized spacial score (nSPS) is 15.3. The van der Waals surface area contributed by atoms with Crippen molar-refractivity contribution in [3.8, 4) is 5.88 Å². The number of carbonyl (C=O) groups is 1. The van der Waals surface area contributed by atoms with Gasteiger partial charge in [-0.15, -0.1) is 24.0 Å². The average Bonchev–Trinajstić information content (AvgIpc) is 2.63. The van der Waals surface area contributed by atoms with E-state index in [1.54, 1.807) is 21.2 Å². The van der Waals surface area contributed by atoms with Gasteiger partial charge in [-0.2, -0.15) is 0 Å². The fourth-order valence-corrected chi connectivity index (χ4v) is 2.88. The van der Waals surface area contributed by atoms with Crippen LogP contribution in [0.4, 0.5) is 0 Å². The Hall–Kier alpha value is -1.58. The third kappa shape index (κ3) is 6.68. The Morgan fingerprint density at radius 1 is 1.40 bits per heavy atom. The fourth-order valence-electron chi connectivity index (χ4n) is 2.88. The van der Waals surface area contributed by atoms with Crippen molar-refractivity contribution in [2.75, 3.05) is 34.3 Å². The summed E-state index contributed by atoms with van der Waals surface area (Å²) in [6, 6.07) is 5.71. The Morgan fingerprint density at radius 2 is 2.12 bits per heavy atom. The number of pyridine rings is 1. The van der Waals surface area contributed by atoms with Crippen LogP contribution >= 0.6 is 24.0 Å². The topological polar surface area (TPSA) is 78.9 Å². The Kier molecular flexibility index (Phi) is 9.54. The number of ether oxygens (including phenoxy) is 1. The highest BCUT2D eigenvalue weighted by Crippen LogP contribution is 2.20. The number of hydrogen-bond acceptors (Lipinski definition) is 4. The number of aromatic nitrogens is 1. The first-order valence-electron chi connectivity index (χ1n) is 8.32. The van der Waals surface area contributed by atoms with Crippen LogP contribution in [-0.4, -0.2) is 56.0 Å². The number of hydrogen-bond donors (Lipinski definition) is 2. The zero-order valence-corrected chi connectivity index (χ0v) is 17.4. The molecule has 0 saturated carbocycles. The molecule has 0 radical (unpaired) electrons. The van der Waals surface area contributed by atoms with Gasteiger partial charge in [-0.25, -0.2) is 4.98 Å². The van der Waals surface area contributed by atoms with E-state index >= 15 is 0 Å². The molecule has 1 aliphatic rings. The van der Waals surface area contributed by atoms with Crippen LogP contribution in [0.15, 0.2) is 23.2 Å². The maximum atomic E-state index is 11.5. The molecule has 1 aromatic heterocycles. The number of carbonyl (C=O) groups excluding carboxylic acids is 1. The van der Waals surface area contributed by atoms with E-state index < -0.39 is 0 Å². The van der Waals surface area contributed by atoms with Gasteiger partial charge in [0.15, 0.2) is 5.96 Å². The molecule has 0 unspecified atom stereocenters. The number of likely N-dealkylation sites (tertiary alicyclic amines) is 1. The predicted molar refractivity (Wildman–Crippen MR) is 109 cm³/mol. The summed E-state index contributed by atoms with van der Waals surface area (Å²) in [5.74, 6) is 2.07. The van der Waals surface area contributed by atoms with Crippen molar-refractivity contribution in [1.29, 1.82) is 0 Å². The summed E-state index contributed by atoms with van der Waals surface area (Å²) in [6.07, 6.45) is 2.63. The summed E-state index contributed by atoms with van der Waals surface area (Å²) < 4.78 is 5.14. The van der Waals surface area contributed by atoms with Crippen molar-refractivity contribution in [2.45, 2.75) is 25.8 Å². The quantitative estimate of drug-likeness (QED) is 0.396. The SMILES string of the molecule is CN=C(NCc1cccc(OC)n1)N1CCC(CC(=O)NC)CC1.I. The van der Waals surface area contributed by atoms with E-state index in [4.69, 9.17) is 4.74 Å². The zero-order chi connectivity index (χ0) is 17.4. The van der Waals surface area contributed by atoms with E-state index in [9.17, 15) is 4.79 Å². The van der Waals surface area contributed by atoms with E-state index in [0.717, 1.165) is 37.6 Å². The second-order valence-corrected chi connectivity index (χ2v) is 5.88. The minimum Gasteiger partial charge on any atom is -0.481 e. The number of amides is 1. The van der Waals surface area contributed by atoms with Crippen LogP contribution in [0.5, 0.6) is 5.88 Å². The number of rotatable bonds is 5. The van der Waals surface area contributed by atoms with Crippen LogP contribution in [-0.2, 0) is 11.3 Å². The van der Waals surface area contributed by atoms with Gasteiger partial charge in [0, 0.05) is 39.7 Å². The first-order valence-corrected chi connectivity index (χ1v) is 8.32. The molecule has 2 heterocycles. The van der Waals surface area contributed by atoms with E-state index in [-0.39, 0.29) is 29.9 Å². The van der Waals surface area contributed by atoms with E-state index in [1.165, 1.54) is 0 Å². The van der Waals surface area contributed by atoms with Gasteiger partial charge in [-0.05, 0) is 24.8 Å². The van der Waals surface area contributed by atoms with E-state index in [2.05, 4.69) is 25.5 Å². The van der Waals surface area contributed by atoms with Gasteiger partial charge in [-0.3, -0.25) is 9.79 Å². The molecular formula is C17H28IN5O2. The molecule has 0 atom stereocenters. The number of methoxy groups -OCH3 is 1. The van der Waals surface area contributed by atoms with Crippen molar-refractivity contribution >= 4 is 35.8 Å². The Morgan fingerprint density at radius 3 is 2.72 bits per heavy atom. The lowest BCUT2D eigenvalue weighted by atomic mass is 9.93. The summed E-state index contributed by atoms with van der Waals surface area (Å²) in [6.45, 7) is 2.42. The van der Waals surface area contributed by atoms with Crippen molar-refractivity contribution in [3.05, 3.63) is 23.9 Å². The number of guanidine groups is 1. The van der Waals surface area contributed by atoms with Crippen LogP contribution < -0.4 is 15.4 Å². The third-order valence-electron chi connectivity index (χ3n) is 4.30. The molecule has 2 rings (SSSR count). The first-order chi connectivity index (χ1) is 11.7. The summed E-state index contributed by atoms with van der Waals surface area (Å²) in [7, 11) is 5.09. The highest BCUT2D eigenvalue weighted by molar-refractivity contribution is 14.0. The smallest absolute Gasteiger partial charge is 0.220 e. The Bertz CT molecular complexity index is 574. The molecule has 0 aliphatic carbocycles. The fraction of sp³-hybridized carbons (Fsp3) is 0.588. The molecule has 0 bridgehead atoms. The average molecular weight is 461 g/mol. The van der Waals surface area contributed by atoms with Crippen LogP contribution in [0.2, 0.25) is 0 Å². The molecule has 1 aliphatic heterocycles. The molecule has 0 aromatic carbocycles. The van der Waals surface area contributed by atoms with Gasteiger partial charge in [0.25, 0.3) is 0 Å². The molecule has 8 heteroatoms. The van der Waals surface area contributed by atoms with Gasteiger partial charge >= 0.3 is 0 Å². The van der Waals surface area contributed by atoms with Crippen LogP contribution in [0.3, 0.4) is 0 Å². The number of piperidine rings is 1. The number of nitrogens with one attached hydrogen (secondary N) is 2. The molecule has 1 amide bonds. The van der Waals surface area contributed by atoms with Crippen molar-refractivity contribution < 1.29 is 9.53 Å². The maximum absolute atomic E-state index is 11.5. The number of nitrogens with zero attached hydrogens (tertiary/aromatic N) is 3.